The monoisotopic (exact) mass is 464 g/mol. The van der Waals surface area contributed by atoms with E-state index in [1.54, 1.807) is 20.0 Å². The number of amides is 1. The Balaban J connectivity index is 1.55. The quantitative estimate of drug-likeness (QED) is 0.669. The molecule has 3 heterocycles. The van der Waals surface area contributed by atoms with Crippen LogP contribution in [0.1, 0.15) is 12.5 Å². The summed E-state index contributed by atoms with van der Waals surface area (Å²) in [5, 5.41) is 0. The minimum Gasteiger partial charge on any atom is -0.354 e. The van der Waals surface area contributed by atoms with E-state index in [2.05, 4.69) is 4.98 Å². The summed E-state index contributed by atoms with van der Waals surface area (Å²) in [5.41, 5.74) is 0.568. The predicted octanol–water partition coefficient (Wildman–Crippen LogP) is 1.21. The summed E-state index contributed by atoms with van der Waals surface area (Å²) < 4.78 is 53.3. The fraction of sp³-hybridized carbons (Fsp3) is 0.400. The molecule has 0 saturated carbocycles. The van der Waals surface area contributed by atoms with Crippen molar-refractivity contribution in [2.45, 2.75) is 18.7 Å². The molecule has 11 heteroatoms. The lowest BCUT2D eigenvalue weighted by Gasteiger charge is -2.35. The van der Waals surface area contributed by atoms with Crippen LogP contribution in [0.4, 0.5) is 11.5 Å². The fourth-order valence-electron chi connectivity index (χ4n) is 3.97. The molecule has 0 radical (unpaired) electrons. The van der Waals surface area contributed by atoms with E-state index in [4.69, 9.17) is 0 Å². The smallest absolute Gasteiger partial charge is 0.244 e. The highest BCUT2D eigenvalue weighted by molar-refractivity contribution is 7.94. The van der Waals surface area contributed by atoms with Crippen LogP contribution in [0.2, 0.25) is 0 Å². The minimum atomic E-state index is -3.76. The van der Waals surface area contributed by atoms with Gasteiger partial charge in [0.05, 0.1) is 22.3 Å². The molecule has 2 fully saturated rings. The summed E-state index contributed by atoms with van der Waals surface area (Å²) in [6.45, 7) is 4.85. The van der Waals surface area contributed by atoms with Crippen molar-refractivity contribution in [3.63, 3.8) is 0 Å². The molecule has 2 aromatic rings. The van der Waals surface area contributed by atoms with Gasteiger partial charge >= 0.3 is 0 Å². The van der Waals surface area contributed by atoms with Crippen LogP contribution in [0.5, 0.6) is 0 Å². The molecule has 9 nitrogen and oxygen atoms in total. The largest absolute Gasteiger partial charge is 0.354 e. The number of rotatable bonds is 4. The average Bonchev–Trinajstić information content (AvgIpc) is 2.95. The molecule has 1 atom stereocenters. The van der Waals surface area contributed by atoms with Gasteiger partial charge in [-0.3, -0.25) is 4.79 Å². The maximum atomic E-state index is 13.2. The van der Waals surface area contributed by atoms with Gasteiger partial charge in [0, 0.05) is 32.4 Å². The number of carbonyl (C=O) groups excluding carboxylic acids is 1. The second kappa shape index (κ2) is 7.88. The number of pyridine rings is 1. The summed E-state index contributed by atoms with van der Waals surface area (Å²) in [6.07, 6.45) is 1.70. The Morgan fingerprint density at radius 3 is 2.32 bits per heavy atom. The van der Waals surface area contributed by atoms with Crippen LogP contribution in [-0.2, 0) is 24.8 Å². The Kier molecular flexibility index (Phi) is 5.52. The first-order valence-electron chi connectivity index (χ1n) is 9.95. The van der Waals surface area contributed by atoms with Gasteiger partial charge in [-0.15, -0.1) is 0 Å². The number of hydrogen-bond acceptors (Lipinski definition) is 7. The molecule has 4 rings (SSSR count). The van der Waals surface area contributed by atoms with E-state index in [0.29, 0.717) is 31.7 Å². The molecule has 2 aliphatic heterocycles. The molecule has 0 spiro atoms. The zero-order valence-corrected chi connectivity index (χ0v) is 18.9. The Bertz CT molecular complexity index is 1210. The first-order valence-corrected chi connectivity index (χ1v) is 13.0. The van der Waals surface area contributed by atoms with E-state index in [-0.39, 0.29) is 16.3 Å². The van der Waals surface area contributed by atoms with Crippen LogP contribution >= 0.6 is 0 Å². The van der Waals surface area contributed by atoms with Gasteiger partial charge in [0.25, 0.3) is 0 Å². The maximum absolute atomic E-state index is 13.2. The van der Waals surface area contributed by atoms with Crippen molar-refractivity contribution < 1.29 is 21.6 Å². The molecule has 0 unspecified atom stereocenters. The van der Waals surface area contributed by atoms with Crippen molar-refractivity contribution in [2.75, 3.05) is 41.1 Å². The van der Waals surface area contributed by atoms with Crippen LogP contribution < -0.4 is 9.21 Å². The summed E-state index contributed by atoms with van der Waals surface area (Å²) in [7, 11) is -7.50. The minimum absolute atomic E-state index is 0.111. The SMILES string of the molecule is Cc1cc(N2C(=O)[C@H](C)CS2(=O)=O)ccc1S(=O)(=O)N1CCN(c2ccccn2)CC1. The number of benzene rings is 1. The normalized spacial score (nSPS) is 22.1. The first kappa shape index (κ1) is 21.7. The first-order chi connectivity index (χ1) is 14.6. The average molecular weight is 465 g/mol. The number of aromatic nitrogens is 1. The number of aryl methyl sites for hydroxylation is 1. The molecule has 0 aliphatic carbocycles. The molecular weight excluding hydrogens is 440 g/mol. The summed E-state index contributed by atoms with van der Waals surface area (Å²) in [5.74, 6) is -0.554. The third kappa shape index (κ3) is 3.92. The molecule has 2 saturated heterocycles. The Hall–Kier alpha value is -2.50. The molecule has 0 N–H and O–H groups in total. The van der Waals surface area contributed by atoms with Crippen LogP contribution in [0, 0.1) is 12.8 Å². The number of nitrogens with zero attached hydrogens (tertiary/aromatic N) is 4. The van der Waals surface area contributed by atoms with Crippen molar-refractivity contribution in [3.8, 4) is 0 Å². The Morgan fingerprint density at radius 2 is 1.77 bits per heavy atom. The van der Waals surface area contributed by atoms with Crippen LogP contribution in [0.15, 0.2) is 47.5 Å². The fourth-order valence-corrected chi connectivity index (χ4v) is 7.41. The van der Waals surface area contributed by atoms with Gasteiger partial charge < -0.3 is 4.90 Å². The maximum Gasteiger partial charge on any atom is 0.244 e. The Morgan fingerprint density at radius 1 is 1.06 bits per heavy atom. The van der Waals surface area contributed by atoms with Gasteiger partial charge in [-0.05, 0) is 42.8 Å². The molecule has 0 bridgehead atoms. The lowest BCUT2D eigenvalue weighted by molar-refractivity contribution is -0.119. The van der Waals surface area contributed by atoms with Crippen molar-refractivity contribution in [1.82, 2.24) is 9.29 Å². The van der Waals surface area contributed by atoms with Crippen molar-refractivity contribution in [3.05, 3.63) is 48.2 Å². The Labute approximate surface area is 182 Å². The van der Waals surface area contributed by atoms with Crippen molar-refractivity contribution >= 4 is 37.5 Å². The zero-order chi connectivity index (χ0) is 22.4. The van der Waals surface area contributed by atoms with Crippen molar-refractivity contribution in [2.24, 2.45) is 5.92 Å². The van der Waals surface area contributed by atoms with E-state index in [1.165, 1.54) is 22.5 Å². The van der Waals surface area contributed by atoms with Crippen LogP contribution in [-0.4, -0.2) is 64.0 Å². The summed E-state index contributed by atoms with van der Waals surface area (Å²) in [4.78, 5) is 18.8. The number of carbonyl (C=O) groups is 1. The third-order valence-corrected chi connectivity index (χ3v) is 9.51. The van der Waals surface area contributed by atoms with Gasteiger partial charge in [0.15, 0.2) is 0 Å². The van der Waals surface area contributed by atoms with E-state index >= 15 is 0 Å². The molecular formula is C20H24N4O5S2. The summed E-state index contributed by atoms with van der Waals surface area (Å²) >= 11 is 0. The van der Waals surface area contributed by atoms with Crippen LogP contribution in [0.25, 0.3) is 0 Å². The molecule has 2 aliphatic rings. The molecule has 1 amide bonds. The van der Waals surface area contributed by atoms with Gasteiger partial charge in [-0.25, -0.2) is 26.1 Å². The molecule has 166 valence electrons. The van der Waals surface area contributed by atoms with E-state index in [0.717, 1.165) is 10.1 Å². The highest BCUT2D eigenvalue weighted by Crippen LogP contribution is 2.31. The second-order valence-corrected chi connectivity index (χ2v) is 11.6. The summed E-state index contributed by atoms with van der Waals surface area (Å²) in [6, 6.07) is 9.83. The lowest BCUT2D eigenvalue weighted by Crippen LogP contribution is -2.49. The van der Waals surface area contributed by atoms with Crippen molar-refractivity contribution in [1.29, 1.82) is 0 Å². The highest BCUT2D eigenvalue weighted by Gasteiger charge is 2.42. The van der Waals surface area contributed by atoms with Gasteiger partial charge in [0.2, 0.25) is 26.0 Å². The van der Waals surface area contributed by atoms with E-state index in [1.807, 2.05) is 23.1 Å². The number of piperazine rings is 1. The lowest BCUT2D eigenvalue weighted by atomic mass is 10.2. The van der Waals surface area contributed by atoms with E-state index < -0.39 is 31.9 Å². The topological polar surface area (TPSA) is 108 Å². The number of anilines is 2. The van der Waals surface area contributed by atoms with Crippen LogP contribution in [0.3, 0.4) is 0 Å². The highest BCUT2D eigenvalue weighted by atomic mass is 32.2. The van der Waals surface area contributed by atoms with Gasteiger partial charge in [0.1, 0.15) is 5.82 Å². The third-order valence-electron chi connectivity index (χ3n) is 5.58. The number of hydrogen-bond donors (Lipinski definition) is 0. The van der Waals surface area contributed by atoms with Gasteiger partial charge in [-0.2, -0.15) is 4.31 Å². The molecule has 1 aromatic heterocycles. The van der Waals surface area contributed by atoms with Gasteiger partial charge in [-0.1, -0.05) is 13.0 Å². The number of sulfonamides is 2. The molecule has 1 aromatic carbocycles. The van der Waals surface area contributed by atoms with E-state index in [9.17, 15) is 21.6 Å². The zero-order valence-electron chi connectivity index (χ0n) is 17.3. The predicted molar refractivity (Wildman–Crippen MR) is 117 cm³/mol. The molecule has 31 heavy (non-hydrogen) atoms. The standard InChI is InChI=1S/C20H24N4O5S2/c1-15-13-17(24-20(25)16(2)14-30(24,26)27)6-7-18(15)31(28,29)23-11-9-22(10-12-23)19-5-3-4-8-21-19/h3-8,13,16H,9-12,14H2,1-2H3/t16-/m1/s1. The second-order valence-electron chi connectivity index (χ2n) is 7.81.